The van der Waals surface area contributed by atoms with Crippen LogP contribution in [-0.4, -0.2) is 50.7 Å². The van der Waals surface area contributed by atoms with Crippen molar-refractivity contribution in [1.29, 1.82) is 0 Å². The number of nitrogens with one attached hydrogen (secondary N) is 3. The maximum Gasteiger partial charge on any atom is 0.222 e. The van der Waals surface area contributed by atoms with Gasteiger partial charge in [-0.3, -0.25) is 9.59 Å². The fourth-order valence-electron chi connectivity index (χ4n) is 1.97. The van der Waals surface area contributed by atoms with Gasteiger partial charge in [-0.25, -0.2) is 0 Å². The molecule has 0 saturated carbocycles. The zero-order valence-electron chi connectivity index (χ0n) is 11.7. The first-order valence-corrected chi connectivity index (χ1v) is 7.08. The number of piperidine rings is 1. The molecule has 0 atom stereocenters. The first-order chi connectivity index (χ1) is 9.22. The summed E-state index contributed by atoms with van der Waals surface area (Å²) in [6, 6.07) is 0. The summed E-state index contributed by atoms with van der Waals surface area (Å²) in [4.78, 5) is 22.6. The normalized spacial score (nSPS) is 16.1. The lowest BCUT2D eigenvalue weighted by molar-refractivity contribution is -0.123. The number of rotatable bonds is 8. The largest absolute Gasteiger partial charge is 0.378 e. The molecule has 6 nitrogen and oxygen atoms in total. The molecule has 0 spiro atoms. The van der Waals surface area contributed by atoms with Crippen molar-refractivity contribution in [2.45, 2.75) is 38.7 Å². The molecule has 1 heterocycles. The molecular weight excluding hydrogens is 246 g/mol. The Hall–Kier alpha value is -1.14. The van der Waals surface area contributed by atoms with E-state index >= 15 is 0 Å². The summed E-state index contributed by atoms with van der Waals surface area (Å²) in [6.45, 7) is 5.31. The van der Waals surface area contributed by atoms with E-state index < -0.39 is 0 Å². The summed E-state index contributed by atoms with van der Waals surface area (Å²) in [7, 11) is 0. The number of hydrogen-bond donors (Lipinski definition) is 3. The summed E-state index contributed by atoms with van der Waals surface area (Å²) in [5, 5.41) is 8.67. The molecule has 0 aromatic carbocycles. The van der Waals surface area contributed by atoms with Crippen LogP contribution in [0.15, 0.2) is 0 Å². The van der Waals surface area contributed by atoms with Gasteiger partial charge in [-0.05, 0) is 32.9 Å². The van der Waals surface area contributed by atoms with E-state index in [9.17, 15) is 9.59 Å². The molecule has 1 aliphatic rings. The second-order valence-electron chi connectivity index (χ2n) is 4.62. The molecule has 6 heteroatoms. The maximum absolute atomic E-state index is 11.5. The van der Waals surface area contributed by atoms with Crippen LogP contribution < -0.4 is 16.0 Å². The first-order valence-electron chi connectivity index (χ1n) is 7.08. The summed E-state index contributed by atoms with van der Waals surface area (Å²) in [5.74, 6) is -0.0908. The molecule has 1 fully saturated rings. The van der Waals surface area contributed by atoms with Crippen LogP contribution in [0.3, 0.4) is 0 Å². The van der Waals surface area contributed by atoms with E-state index in [0.29, 0.717) is 32.5 Å². The van der Waals surface area contributed by atoms with Gasteiger partial charge in [-0.15, -0.1) is 0 Å². The molecule has 1 saturated heterocycles. The first kappa shape index (κ1) is 15.9. The van der Waals surface area contributed by atoms with Crippen LogP contribution in [0.5, 0.6) is 0 Å². The van der Waals surface area contributed by atoms with E-state index in [-0.39, 0.29) is 17.9 Å². The SMILES string of the molecule is CCNC(=O)CCNC(=O)CCOC1CCNCC1. The highest BCUT2D eigenvalue weighted by Gasteiger charge is 2.13. The Morgan fingerprint density at radius 2 is 1.84 bits per heavy atom. The zero-order chi connectivity index (χ0) is 13.9. The van der Waals surface area contributed by atoms with E-state index in [0.717, 1.165) is 25.9 Å². The van der Waals surface area contributed by atoms with Crippen LogP contribution in [0.2, 0.25) is 0 Å². The molecule has 2 amide bonds. The van der Waals surface area contributed by atoms with Gasteiger partial charge in [0.1, 0.15) is 0 Å². The molecule has 19 heavy (non-hydrogen) atoms. The molecular formula is C13H25N3O3. The Balaban J connectivity index is 1.96. The molecule has 0 radical (unpaired) electrons. The van der Waals surface area contributed by atoms with Gasteiger partial charge in [0, 0.05) is 25.9 Å². The minimum absolute atomic E-state index is 0.0336. The van der Waals surface area contributed by atoms with Gasteiger partial charge < -0.3 is 20.7 Å². The monoisotopic (exact) mass is 271 g/mol. The third-order valence-electron chi connectivity index (χ3n) is 3.02. The van der Waals surface area contributed by atoms with E-state index in [1.807, 2.05) is 6.92 Å². The van der Waals surface area contributed by atoms with Gasteiger partial charge >= 0.3 is 0 Å². The number of hydrogen-bond acceptors (Lipinski definition) is 4. The van der Waals surface area contributed by atoms with Gasteiger partial charge in [-0.2, -0.15) is 0 Å². The van der Waals surface area contributed by atoms with Crippen molar-refractivity contribution in [2.24, 2.45) is 0 Å². The molecule has 1 aliphatic heterocycles. The highest BCUT2D eigenvalue weighted by atomic mass is 16.5. The summed E-state index contributed by atoms with van der Waals surface area (Å²) < 4.78 is 5.64. The van der Waals surface area contributed by atoms with Crippen molar-refractivity contribution in [3.63, 3.8) is 0 Å². The Morgan fingerprint density at radius 1 is 1.16 bits per heavy atom. The lowest BCUT2D eigenvalue weighted by Gasteiger charge is -2.22. The molecule has 1 rings (SSSR count). The molecule has 3 N–H and O–H groups in total. The average Bonchev–Trinajstić information content (AvgIpc) is 2.40. The van der Waals surface area contributed by atoms with Crippen molar-refractivity contribution in [2.75, 3.05) is 32.8 Å². The predicted octanol–water partition coefficient (Wildman–Crippen LogP) is -0.212. The Labute approximate surface area is 114 Å². The smallest absolute Gasteiger partial charge is 0.222 e. The van der Waals surface area contributed by atoms with E-state index in [1.165, 1.54) is 0 Å². The predicted molar refractivity (Wildman–Crippen MR) is 72.8 cm³/mol. The fraction of sp³-hybridized carbons (Fsp3) is 0.846. The van der Waals surface area contributed by atoms with Crippen molar-refractivity contribution in [3.05, 3.63) is 0 Å². The van der Waals surface area contributed by atoms with E-state index in [2.05, 4.69) is 16.0 Å². The molecule has 110 valence electrons. The Bertz CT molecular complexity index is 278. The van der Waals surface area contributed by atoms with Gasteiger partial charge in [-0.1, -0.05) is 0 Å². The highest BCUT2D eigenvalue weighted by molar-refractivity contribution is 5.78. The summed E-state index contributed by atoms with van der Waals surface area (Å²) in [6.07, 6.45) is 3.00. The lowest BCUT2D eigenvalue weighted by atomic mass is 10.1. The third kappa shape index (κ3) is 7.79. The minimum atomic E-state index is -0.0572. The maximum atomic E-state index is 11.5. The van der Waals surface area contributed by atoms with Crippen LogP contribution in [0.1, 0.15) is 32.6 Å². The van der Waals surface area contributed by atoms with Gasteiger partial charge in [0.25, 0.3) is 0 Å². The summed E-state index contributed by atoms with van der Waals surface area (Å²) in [5.41, 5.74) is 0. The van der Waals surface area contributed by atoms with Crippen LogP contribution in [0.25, 0.3) is 0 Å². The molecule has 0 aromatic rings. The van der Waals surface area contributed by atoms with Gasteiger partial charge in [0.2, 0.25) is 11.8 Å². The minimum Gasteiger partial charge on any atom is -0.378 e. The zero-order valence-corrected chi connectivity index (χ0v) is 11.7. The second-order valence-corrected chi connectivity index (χ2v) is 4.62. The van der Waals surface area contributed by atoms with Crippen LogP contribution >= 0.6 is 0 Å². The average molecular weight is 271 g/mol. The quantitative estimate of drug-likeness (QED) is 0.570. The molecule has 0 aliphatic carbocycles. The molecule has 0 aromatic heterocycles. The van der Waals surface area contributed by atoms with Crippen molar-refractivity contribution in [3.8, 4) is 0 Å². The van der Waals surface area contributed by atoms with Gasteiger partial charge in [0.05, 0.1) is 12.7 Å². The highest BCUT2D eigenvalue weighted by Crippen LogP contribution is 2.07. The van der Waals surface area contributed by atoms with Crippen LogP contribution in [-0.2, 0) is 14.3 Å². The van der Waals surface area contributed by atoms with Crippen LogP contribution in [0.4, 0.5) is 0 Å². The van der Waals surface area contributed by atoms with Crippen molar-refractivity contribution < 1.29 is 14.3 Å². The Kier molecular flexibility index (Phi) is 8.16. The number of carbonyl (C=O) groups is 2. The number of carbonyl (C=O) groups excluding carboxylic acids is 2. The molecule has 0 unspecified atom stereocenters. The van der Waals surface area contributed by atoms with Crippen molar-refractivity contribution in [1.82, 2.24) is 16.0 Å². The van der Waals surface area contributed by atoms with E-state index in [1.54, 1.807) is 0 Å². The fourth-order valence-corrected chi connectivity index (χ4v) is 1.97. The number of ether oxygens (including phenoxy) is 1. The van der Waals surface area contributed by atoms with Crippen LogP contribution in [0, 0.1) is 0 Å². The lowest BCUT2D eigenvalue weighted by Crippen LogP contribution is -2.34. The van der Waals surface area contributed by atoms with E-state index in [4.69, 9.17) is 4.74 Å². The Morgan fingerprint density at radius 3 is 2.53 bits per heavy atom. The van der Waals surface area contributed by atoms with Crippen molar-refractivity contribution >= 4 is 11.8 Å². The number of amides is 2. The third-order valence-corrected chi connectivity index (χ3v) is 3.02. The second kappa shape index (κ2) is 9.75. The molecule has 0 bridgehead atoms. The van der Waals surface area contributed by atoms with Gasteiger partial charge in [0.15, 0.2) is 0 Å². The topological polar surface area (TPSA) is 79.5 Å². The summed E-state index contributed by atoms with van der Waals surface area (Å²) >= 11 is 0. The standard InChI is InChI=1S/C13H25N3O3/c1-2-15-12(17)5-9-16-13(18)6-10-19-11-3-7-14-8-4-11/h11,14H,2-10H2,1H3,(H,15,17)(H,16,18).